The first-order valence-corrected chi connectivity index (χ1v) is 6.98. The van der Waals surface area contributed by atoms with E-state index < -0.39 is 6.10 Å². The standard InChI is InChI=1S/C17H16FNO2/c18-15-8-4-3-6-13(15)12-5-1-2-7-14(12)17(20)16-11-19-9-10-21-16/h1-8,16,19H,9-11H2. The van der Waals surface area contributed by atoms with E-state index in [0.717, 1.165) is 6.54 Å². The van der Waals surface area contributed by atoms with E-state index in [2.05, 4.69) is 5.32 Å². The number of rotatable bonds is 3. The summed E-state index contributed by atoms with van der Waals surface area (Å²) in [5.74, 6) is -0.443. The molecule has 1 atom stereocenters. The van der Waals surface area contributed by atoms with E-state index in [4.69, 9.17) is 4.74 Å². The molecule has 1 N–H and O–H groups in total. The highest BCUT2D eigenvalue weighted by Crippen LogP contribution is 2.27. The summed E-state index contributed by atoms with van der Waals surface area (Å²) in [6.07, 6.45) is -0.508. The van der Waals surface area contributed by atoms with Crippen LogP contribution >= 0.6 is 0 Å². The van der Waals surface area contributed by atoms with Gasteiger partial charge in [0.25, 0.3) is 0 Å². The van der Waals surface area contributed by atoms with E-state index in [0.29, 0.717) is 29.8 Å². The lowest BCUT2D eigenvalue weighted by Gasteiger charge is -2.23. The second-order valence-corrected chi connectivity index (χ2v) is 4.95. The third-order valence-electron chi connectivity index (χ3n) is 3.58. The Morgan fingerprint density at radius 2 is 1.81 bits per heavy atom. The number of ether oxygens (including phenoxy) is 1. The normalized spacial score (nSPS) is 18.4. The van der Waals surface area contributed by atoms with Crippen LogP contribution in [0.25, 0.3) is 11.1 Å². The van der Waals surface area contributed by atoms with Gasteiger partial charge in [-0.3, -0.25) is 4.79 Å². The van der Waals surface area contributed by atoms with Gasteiger partial charge in [-0.05, 0) is 11.6 Å². The molecule has 2 aromatic rings. The predicted molar refractivity (Wildman–Crippen MR) is 78.8 cm³/mol. The van der Waals surface area contributed by atoms with Crippen LogP contribution in [0.1, 0.15) is 10.4 Å². The van der Waals surface area contributed by atoms with Crippen molar-refractivity contribution in [2.75, 3.05) is 19.7 Å². The Bertz CT molecular complexity index is 651. The topological polar surface area (TPSA) is 38.3 Å². The molecule has 0 amide bonds. The van der Waals surface area contributed by atoms with Crippen molar-refractivity contribution in [1.29, 1.82) is 0 Å². The van der Waals surface area contributed by atoms with Gasteiger partial charge in [0.05, 0.1) is 6.61 Å². The summed E-state index contributed by atoms with van der Waals surface area (Å²) in [5, 5.41) is 3.14. The van der Waals surface area contributed by atoms with Crippen LogP contribution in [0.4, 0.5) is 4.39 Å². The zero-order valence-corrected chi connectivity index (χ0v) is 11.5. The van der Waals surface area contributed by atoms with E-state index in [9.17, 15) is 9.18 Å². The minimum absolute atomic E-state index is 0.110. The monoisotopic (exact) mass is 285 g/mol. The molecule has 0 spiro atoms. The third-order valence-corrected chi connectivity index (χ3v) is 3.58. The van der Waals surface area contributed by atoms with Crippen molar-refractivity contribution in [3.05, 3.63) is 59.9 Å². The van der Waals surface area contributed by atoms with Crippen molar-refractivity contribution in [2.24, 2.45) is 0 Å². The van der Waals surface area contributed by atoms with Gasteiger partial charge in [-0.25, -0.2) is 4.39 Å². The molecule has 0 aliphatic carbocycles. The molecule has 0 bridgehead atoms. The van der Waals surface area contributed by atoms with Gasteiger partial charge in [0, 0.05) is 24.2 Å². The summed E-state index contributed by atoms with van der Waals surface area (Å²) in [5.41, 5.74) is 1.54. The first kappa shape index (κ1) is 13.9. The first-order valence-electron chi connectivity index (χ1n) is 6.98. The molecule has 1 unspecified atom stereocenters. The van der Waals surface area contributed by atoms with E-state index in [1.807, 2.05) is 0 Å². The van der Waals surface area contributed by atoms with Crippen molar-refractivity contribution >= 4 is 5.78 Å². The molecular formula is C17H16FNO2. The zero-order valence-electron chi connectivity index (χ0n) is 11.5. The molecule has 1 aliphatic heterocycles. The fourth-order valence-electron chi connectivity index (χ4n) is 2.52. The average Bonchev–Trinajstić information content (AvgIpc) is 2.55. The maximum atomic E-state index is 14.0. The molecule has 1 saturated heterocycles. The Labute approximate surface area is 122 Å². The fraction of sp³-hybridized carbons (Fsp3) is 0.235. The smallest absolute Gasteiger partial charge is 0.193 e. The number of hydrogen-bond acceptors (Lipinski definition) is 3. The van der Waals surface area contributed by atoms with E-state index in [-0.39, 0.29) is 11.6 Å². The molecule has 108 valence electrons. The number of ketones is 1. The second-order valence-electron chi connectivity index (χ2n) is 4.95. The molecule has 21 heavy (non-hydrogen) atoms. The molecule has 1 fully saturated rings. The average molecular weight is 285 g/mol. The molecule has 2 aromatic carbocycles. The molecule has 0 aromatic heterocycles. The highest BCUT2D eigenvalue weighted by atomic mass is 19.1. The summed E-state index contributed by atoms with van der Waals surface area (Å²) in [4.78, 5) is 12.6. The minimum atomic E-state index is -0.508. The zero-order chi connectivity index (χ0) is 14.7. The molecule has 0 radical (unpaired) electrons. The number of benzene rings is 2. The number of halogens is 1. The number of Topliss-reactive ketones (excluding diaryl/α,β-unsaturated/α-hetero) is 1. The number of morpholine rings is 1. The summed E-state index contributed by atoms with van der Waals surface area (Å²) >= 11 is 0. The van der Waals surface area contributed by atoms with Crippen molar-refractivity contribution in [2.45, 2.75) is 6.10 Å². The van der Waals surface area contributed by atoms with Gasteiger partial charge in [0.2, 0.25) is 0 Å². The van der Waals surface area contributed by atoms with Gasteiger partial charge in [-0.15, -0.1) is 0 Å². The number of hydrogen-bond donors (Lipinski definition) is 1. The van der Waals surface area contributed by atoms with Crippen molar-refractivity contribution in [3.63, 3.8) is 0 Å². The van der Waals surface area contributed by atoms with Gasteiger partial charge in [-0.2, -0.15) is 0 Å². The Hall–Kier alpha value is -2.04. The Morgan fingerprint density at radius 1 is 1.10 bits per heavy atom. The maximum absolute atomic E-state index is 14.0. The molecule has 0 saturated carbocycles. The van der Waals surface area contributed by atoms with Gasteiger partial charge in [0.15, 0.2) is 5.78 Å². The lowest BCUT2D eigenvalue weighted by Crippen LogP contribution is -2.43. The first-order chi connectivity index (χ1) is 10.3. The second kappa shape index (κ2) is 6.16. The number of carbonyl (C=O) groups is 1. The Balaban J connectivity index is 2.00. The summed E-state index contributed by atoms with van der Waals surface area (Å²) in [6, 6.07) is 13.6. The van der Waals surface area contributed by atoms with Crippen LogP contribution < -0.4 is 5.32 Å². The van der Waals surface area contributed by atoms with Crippen molar-refractivity contribution < 1.29 is 13.9 Å². The molecule has 3 nitrogen and oxygen atoms in total. The van der Waals surface area contributed by atoms with Crippen LogP contribution in [0.15, 0.2) is 48.5 Å². The lowest BCUT2D eigenvalue weighted by molar-refractivity contribution is 0.0270. The lowest BCUT2D eigenvalue weighted by atomic mass is 9.94. The van der Waals surface area contributed by atoms with E-state index >= 15 is 0 Å². The molecular weight excluding hydrogens is 269 g/mol. The summed E-state index contributed by atoms with van der Waals surface area (Å²) in [7, 11) is 0. The van der Waals surface area contributed by atoms with Crippen LogP contribution in [0.2, 0.25) is 0 Å². The van der Waals surface area contributed by atoms with Crippen LogP contribution in [0, 0.1) is 5.82 Å². The van der Waals surface area contributed by atoms with E-state index in [1.54, 1.807) is 42.5 Å². The van der Waals surface area contributed by atoms with Crippen LogP contribution in [-0.4, -0.2) is 31.6 Å². The maximum Gasteiger partial charge on any atom is 0.193 e. The SMILES string of the molecule is O=C(c1ccccc1-c1ccccc1F)C1CNCCO1. The highest BCUT2D eigenvalue weighted by molar-refractivity contribution is 6.05. The largest absolute Gasteiger partial charge is 0.367 e. The van der Waals surface area contributed by atoms with Gasteiger partial charge >= 0.3 is 0 Å². The van der Waals surface area contributed by atoms with Crippen LogP contribution in [0.5, 0.6) is 0 Å². The Kier molecular flexibility index (Phi) is 4.08. The van der Waals surface area contributed by atoms with Crippen LogP contribution in [0.3, 0.4) is 0 Å². The predicted octanol–water partition coefficient (Wildman–Crippen LogP) is 2.66. The van der Waals surface area contributed by atoms with Crippen molar-refractivity contribution in [3.8, 4) is 11.1 Å². The summed E-state index contributed by atoms with van der Waals surface area (Å²) < 4.78 is 19.5. The molecule has 4 heteroatoms. The quantitative estimate of drug-likeness (QED) is 0.881. The molecule has 1 aliphatic rings. The molecule has 1 heterocycles. The summed E-state index contributed by atoms with van der Waals surface area (Å²) in [6.45, 7) is 1.75. The van der Waals surface area contributed by atoms with Gasteiger partial charge in [0.1, 0.15) is 11.9 Å². The third kappa shape index (κ3) is 2.86. The fourth-order valence-corrected chi connectivity index (χ4v) is 2.52. The van der Waals surface area contributed by atoms with Gasteiger partial charge in [-0.1, -0.05) is 42.5 Å². The van der Waals surface area contributed by atoms with Crippen molar-refractivity contribution in [1.82, 2.24) is 5.32 Å². The number of carbonyl (C=O) groups excluding carboxylic acids is 1. The van der Waals surface area contributed by atoms with Gasteiger partial charge < -0.3 is 10.1 Å². The number of nitrogens with one attached hydrogen (secondary N) is 1. The van der Waals surface area contributed by atoms with E-state index in [1.165, 1.54) is 6.07 Å². The van der Waals surface area contributed by atoms with Crippen LogP contribution in [-0.2, 0) is 4.74 Å². The Morgan fingerprint density at radius 3 is 2.52 bits per heavy atom. The highest BCUT2D eigenvalue weighted by Gasteiger charge is 2.25. The minimum Gasteiger partial charge on any atom is -0.367 e. The molecule has 3 rings (SSSR count).